The van der Waals surface area contributed by atoms with Gasteiger partial charge in [-0.2, -0.15) is 15.2 Å². The number of thiophene rings is 1. The minimum absolute atomic E-state index is 0.00940. The average molecular weight is 579 g/mol. The number of aromatic nitrogens is 2. The molecule has 3 aliphatic rings. The summed E-state index contributed by atoms with van der Waals surface area (Å²) in [5, 5.41) is 20.3. The number of aliphatic hydroxyl groups excluding tert-OH is 1. The van der Waals surface area contributed by atoms with Crippen LogP contribution in [0.3, 0.4) is 0 Å². The molecule has 9 nitrogen and oxygen atoms in total. The van der Waals surface area contributed by atoms with Crippen LogP contribution in [0.25, 0.3) is 32.1 Å². The van der Waals surface area contributed by atoms with E-state index in [0.717, 1.165) is 38.9 Å². The van der Waals surface area contributed by atoms with Crippen molar-refractivity contribution in [2.24, 2.45) is 0 Å². The topological polar surface area (TPSA) is 121 Å². The zero-order valence-corrected chi connectivity index (χ0v) is 23.2. The average Bonchev–Trinajstić information content (AvgIpc) is 3.65. The van der Waals surface area contributed by atoms with Crippen LogP contribution in [0.2, 0.25) is 0 Å². The Morgan fingerprint density at radius 2 is 1.90 bits per heavy atom. The lowest BCUT2D eigenvalue weighted by atomic mass is 9.90. The third-order valence-corrected chi connectivity index (χ3v) is 9.55. The number of halogens is 2. The molecular formula is C29H28F2N6O3S. The van der Waals surface area contributed by atoms with Crippen LogP contribution in [0.4, 0.5) is 19.6 Å². The molecule has 0 radical (unpaired) electrons. The number of benzene rings is 2. The summed E-state index contributed by atoms with van der Waals surface area (Å²) in [6.45, 7) is 2.88. The first-order chi connectivity index (χ1) is 19.9. The molecule has 0 aliphatic carbocycles. The third-order valence-electron chi connectivity index (χ3n) is 8.57. The molecular weight excluding hydrogens is 550 g/mol. The van der Waals surface area contributed by atoms with Gasteiger partial charge in [0.1, 0.15) is 28.2 Å². The minimum Gasteiger partial charge on any atom is -0.467 e. The fourth-order valence-corrected chi connectivity index (χ4v) is 7.81. The summed E-state index contributed by atoms with van der Waals surface area (Å²) in [6, 6.07) is 5.26. The Balaban J connectivity index is 1.48. The highest BCUT2D eigenvalue weighted by molar-refractivity contribution is 7.23. The molecule has 2 fully saturated rings. The van der Waals surface area contributed by atoms with Crippen LogP contribution in [0.1, 0.15) is 36.0 Å². The van der Waals surface area contributed by atoms with Crippen molar-refractivity contribution < 1.29 is 23.4 Å². The lowest BCUT2D eigenvalue weighted by Gasteiger charge is -2.42. The number of nitrogen functional groups attached to an aromatic ring is 1. The molecule has 5 heterocycles. The molecule has 3 N–H and O–H groups in total. The number of ether oxygens (including phenoxy) is 2. The van der Waals surface area contributed by atoms with E-state index in [9.17, 15) is 10.4 Å². The molecule has 0 amide bonds. The summed E-state index contributed by atoms with van der Waals surface area (Å²) in [7, 11) is 1.44. The maximum Gasteiger partial charge on any atom is 0.318 e. The molecule has 0 spiro atoms. The number of rotatable bonds is 6. The van der Waals surface area contributed by atoms with Crippen molar-refractivity contribution in [3.8, 4) is 23.2 Å². The van der Waals surface area contributed by atoms with Gasteiger partial charge in [-0.25, -0.2) is 8.78 Å². The molecule has 41 heavy (non-hydrogen) atoms. The standard InChI is InChI=1S/C29H28F2N6O3S/c1-39-29-34-26-23(28(35-29)37-14-3-4-15(37)11-36(10-14)7-2-8-38)18-13-40-12-17(18)22(25(26)31)24-19(30)5-6-20-21(24)16(9-32)27(33)41-20/h5-6,14-15,38H,2-4,7-8,10-13,33H2,1H3. The van der Waals surface area contributed by atoms with Crippen molar-refractivity contribution in [2.75, 3.05) is 44.0 Å². The van der Waals surface area contributed by atoms with Crippen molar-refractivity contribution in [3.05, 3.63) is 40.5 Å². The highest BCUT2D eigenvalue weighted by Crippen LogP contribution is 2.49. The Labute approximate surface area is 238 Å². The van der Waals surface area contributed by atoms with Crippen LogP contribution < -0.4 is 15.4 Å². The lowest BCUT2D eigenvalue weighted by Crippen LogP contribution is -2.54. The van der Waals surface area contributed by atoms with Gasteiger partial charge in [-0.15, -0.1) is 11.3 Å². The molecule has 2 aromatic heterocycles. The SMILES string of the molecule is COc1nc(N2C3CCC2CN(CCCO)C3)c2c3c(c(-c4c(F)ccc5sc(N)c(C#N)c45)c(F)c2n1)COC3. The van der Waals surface area contributed by atoms with E-state index in [4.69, 9.17) is 20.2 Å². The van der Waals surface area contributed by atoms with Crippen LogP contribution in [0.5, 0.6) is 6.01 Å². The Morgan fingerprint density at radius 1 is 1.15 bits per heavy atom. The highest BCUT2D eigenvalue weighted by Gasteiger charge is 2.42. The van der Waals surface area contributed by atoms with Crippen LogP contribution >= 0.6 is 11.3 Å². The molecule has 7 rings (SSSR count). The number of piperazine rings is 1. The molecule has 0 saturated carbocycles. The summed E-state index contributed by atoms with van der Waals surface area (Å²) in [6.07, 6.45) is 2.66. The molecule has 3 aliphatic heterocycles. The lowest BCUT2D eigenvalue weighted by molar-refractivity contribution is 0.135. The number of methoxy groups -OCH3 is 1. The quantitative estimate of drug-likeness (QED) is 0.345. The Bertz CT molecular complexity index is 1740. The van der Waals surface area contributed by atoms with Gasteiger partial charge in [-0.1, -0.05) is 0 Å². The molecule has 2 atom stereocenters. The zero-order chi connectivity index (χ0) is 28.4. The summed E-state index contributed by atoms with van der Waals surface area (Å²) in [5.41, 5.74) is 7.54. The number of aliphatic hydroxyl groups is 1. The van der Waals surface area contributed by atoms with Crippen LogP contribution in [-0.2, 0) is 18.0 Å². The fraction of sp³-hybridized carbons (Fsp3) is 0.414. The molecule has 2 aromatic carbocycles. The minimum atomic E-state index is -0.708. The smallest absolute Gasteiger partial charge is 0.318 e. The number of hydrogen-bond donors (Lipinski definition) is 2. The largest absolute Gasteiger partial charge is 0.467 e. The van der Waals surface area contributed by atoms with E-state index in [1.807, 2.05) is 0 Å². The summed E-state index contributed by atoms with van der Waals surface area (Å²) < 4.78 is 44.5. The van der Waals surface area contributed by atoms with E-state index in [1.165, 1.54) is 24.5 Å². The van der Waals surface area contributed by atoms with Gasteiger partial charge >= 0.3 is 6.01 Å². The second-order valence-electron chi connectivity index (χ2n) is 10.8. The van der Waals surface area contributed by atoms with Gasteiger partial charge in [0, 0.05) is 59.5 Å². The van der Waals surface area contributed by atoms with E-state index in [-0.39, 0.29) is 65.1 Å². The second kappa shape index (κ2) is 10.0. The third kappa shape index (κ3) is 3.94. The number of nitriles is 1. The van der Waals surface area contributed by atoms with E-state index in [2.05, 4.69) is 20.9 Å². The Hall–Kier alpha value is -3.63. The molecule has 212 valence electrons. The Kier molecular flexibility index (Phi) is 6.43. The molecule has 2 saturated heterocycles. The number of fused-ring (bicyclic) bond motifs is 6. The maximum atomic E-state index is 16.9. The van der Waals surface area contributed by atoms with Crippen molar-refractivity contribution in [1.29, 1.82) is 5.26 Å². The summed E-state index contributed by atoms with van der Waals surface area (Å²) >= 11 is 1.17. The van der Waals surface area contributed by atoms with Crippen LogP contribution in [0, 0.1) is 23.0 Å². The van der Waals surface area contributed by atoms with Gasteiger partial charge < -0.3 is 25.2 Å². The normalized spacial score (nSPS) is 20.2. The van der Waals surface area contributed by atoms with Crippen molar-refractivity contribution in [3.63, 3.8) is 0 Å². The van der Waals surface area contributed by atoms with Crippen molar-refractivity contribution in [2.45, 2.75) is 44.6 Å². The first-order valence-electron chi connectivity index (χ1n) is 13.6. The first-order valence-corrected chi connectivity index (χ1v) is 14.5. The predicted molar refractivity (Wildman–Crippen MR) is 152 cm³/mol. The van der Waals surface area contributed by atoms with Gasteiger partial charge in [0.05, 0.1) is 31.3 Å². The monoisotopic (exact) mass is 578 g/mol. The van der Waals surface area contributed by atoms with Gasteiger partial charge in [0.15, 0.2) is 5.82 Å². The van der Waals surface area contributed by atoms with E-state index in [0.29, 0.717) is 32.4 Å². The molecule has 4 aromatic rings. The fourth-order valence-electron chi connectivity index (χ4n) is 6.88. The first kappa shape index (κ1) is 26.3. The van der Waals surface area contributed by atoms with E-state index < -0.39 is 11.6 Å². The van der Waals surface area contributed by atoms with Crippen LogP contribution in [0.15, 0.2) is 12.1 Å². The summed E-state index contributed by atoms with van der Waals surface area (Å²) in [4.78, 5) is 13.9. The zero-order valence-electron chi connectivity index (χ0n) is 22.4. The van der Waals surface area contributed by atoms with Gasteiger partial charge in [-0.3, -0.25) is 4.90 Å². The number of nitrogens with two attached hydrogens (primary N) is 1. The highest BCUT2D eigenvalue weighted by atomic mass is 32.1. The van der Waals surface area contributed by atoms with Gasteiger partial charge in [0.25, 0.3) is 0 Å². The maximum absolute atomic E-state index is 16.9. The number of hydrogen-bond acceptors (Lipinski definition) is 10. The van der Waals surface area contributed by atoms with Gasteiger partial charge in [-0.05, 0) is 42.5 Å². The number of nitrogens with zero attached hydrogens (tertiary/aromatic N) is 5. The summed E-state index contributed by atoms with van der Waals surface area (Å²) in [5.74, 6) is -0.762. The predicted octanol–water partition coefficient (Wildman–Crippen LogP) is 4.32. The van der Waals surface area contributed by atoms with Crippen molar-refractivity contribution in [1.82, 2.24) is 14.9 Å². The van der Waals surface area contributed by atoms with Gasteiger partial charge in [0.2, 0.25) is 0 Å². The van der Waals surface area contributed by atoms with E-state index >= 15 is 8.78 Å². The number of likely N-dealkylation sites (tertiary alicyclic amines) is 1. The van der Waals surface area contributed by atoms with Crippen LogP contribution in [-0.4, -0.2) is 65.4 Å². The second-order valence-corrected chi connectivity index (χ2v) is 11.9. The number of anilines is 2. The molecule has 2 unspecified atom stereocenters. The molecule has 2 bridgehead atoms. The molecule has 12 heteroatoms. The van der Waals surface area contributed by atoms with E-state index in [1.54, 1.807) is 6.07 Å². The Morgan fingerprint density at radius 3 is 2.61 bits per heavy atom. The van der Waals surface area contributed by atoms with Crippen molar-refractivity contribution >= 4 is 43.1 Å².